The number of fused-ring (bicyclic) bond motifs is 1. The number of hydrogen-bond donors (Lipinski definition) is 1. The van der Waals surface area contributed by atoms with Crippen LogP contribution in [0.4, 0.5) is 0 Å². The molecule has 0 radical (unpaired) electrons. The number of thiophene rings is 1. The van der Waals surface area contributed by atoms with E-state index in [1.54, 1.807) is 11.3 Å². The number of hydrogen-bond acceptors (Lipinski definition) is 3. The molecule has 62 valence electrons. The molecule has 0 atom stereocenters. The van der Waals surface area contributed by atoms with Crippen molar-refractivity contribution in [3.63, 3.8) is 0 Å². The molecule has 1 amide bonds. The summed E-state index contributed by atoms with van der Waals surface area (Å²) in [6.45, 7) is 0. The van der Waals surface area contributed by atoms with Gasteiger partial charge in [-0.05, 0) is 23.6 Å². The van der Waals surface area contributed by atoms with Crippen LogP contribution in [-0.2, 0) is 4.79 Å². The van der Waals surface area contributed by atoms with Gasteiger partial charge in [-0.2, -0.15) is 0 Å². The first-order chi connectivity index (χ1) is 5.88. The largest absolute Gasteiger partial charge is 0.372 e. The summed E-state index contributed by atoms with van der Waals surface area (Å²) in [5.41, 5.74) is 5.27. The number of nitrogens with two attached hydrogens (primary N) is 1. The average molecular weight is 180 g/mol. The van der Waals surface area contributed by atoms with Crippen molar-refractivity contribution in [3.05, 3.63) is 29.8 Å². The first-order valence-corrected chi connectivity index (χ1v) is 4.20. The van der Waals surface area contributed by atoms with E-state index in [9.17, 15) is 0 Å². The third-order valence-electron chi connectivity index (χ3n) is 1.22. The average Bonchev–Trinajstić information content (AvgIpc) is 2.52. The molecule has 3 nitrogen and oxygen atoms in total. The van der Waals surface area contributed by atoms with E-state index in [0.29, 0.717) is 0 Å². The molecule has 2 rings (SSSR count). The van der Waals surface area contributed by atoms with Crippen LogP contribution in [0.25, 0.3) is 10.2 Å². The predicted molar refractivity (Wildman–Crippen MR) is 49.9 cm³/mol. The van der Waals surface area contributed by atoms with Crippen LogP contribution >= 0.6 is 11.3 Å². The predicted octanol–water partition coefficient (Wildman–Crippen LogP) is 1.40. The number of carbonyl (C=O) groups excluding carboxylic acids is 1. The van der Waals surface area contributed by atoms with Gasteiger partial charge in [0.15, 0.2) is 0 Å². The molecule has 0 aliphatic heterocycles. The Morgan fingerprint density at radius 2 is 2.25 bits per heavy atom. The van der Waals surface area contributed by atoms with Gasteiger partial charge in [0.2, 0.25) is 6.41 Å². The monoisotopic (exact) mass is 180 g/mol. The fourth-order valence-corrected chi connectivity index (χ4v) is 1.54. The number of aromatic nitrogens is 1. The van der Waals surface area contributed by atoms with E-state index >= 15 is 0 Å². The minimum absolute atomic E-state index is 0.250. The van der Waals surface area contributed by atoms with Crippen LogP contribution in [0.15, 0.2) is 29.8 Å². The highest BCUT2D eigenvalue weighted by molar-refractivity contribution is 7.17. The highest BCUT2D eigenvalue weighted by Crippen LogP contribution is 2.16. The van der Waals surface area contributed by atoms with Crippen LogP contribution in [-0.4, -0.2) is 11.4 Å². The second-order valence-corrected chi connectivity index (χ2v) is 2.89. The lowest BCUT2D eigenvalue weighted by Crippen LogP contribution is -1.82. The number of carbonyl (C=O) groups is 1. The molecule has 4 heteroatoms. The third kappa shape index (κ3) is 2.03. The van der Waals surface area contributed by atoms with Crippen molar-refractivity contribution in [3.8, 4) is 0 Å². The zero-order valence-electron chi connectivity index (χ0n) is 6.31. The van der Waals surface area contributed by atoms with Crippen LogP contribution in [0.1, 0.15) is 0 Å². The molecule has 0 unspecified atom stereocenters. The Balaban J connectivity index is 0.000000213. The zero-order chi connectivity index (χ0) is 8.81. The number of nitrogens with zero attached hydrogens (tertiary/aromatic N) is 1. The van der Waals surface area contributed by atoms with Crippen molar-refractivity contribution in [2.24, 2.45) is 5.73 Å². The summed E-state index contributed by atoms with van der Waals surface area (Å²) in [6.07, 6.45) is 2.06. The lowest BCUT2D eigenvalue weighted by Gasteiger charge is -1.81. The smallest absolute Gasteiger partial charge is 0.204 e. The summed E-state index contributed by atoms with van der Waals surface area (Å²) < 4.78 is 1.26. The van der Waals surface area contributed by atoms with Crippen molar-refractivity contribution in [2.45, 2.75) is 0 Å². The Morgan fingerprint density at radius 3 is 2.92 bits per heavy atom. The maximum atomic E-state index is 8.58. The molecular weight excluding hydrogens is 172 g/mol. The summed E-state index contributed by atoms with van der Waals surface area (Å²) in [5.74, 6) is 0. The number of rotatable bonds is 0. The standard InChI is InChI=1S/C7H5NS.CH3NO/c1-2-7-6(8-4-1)3-5-9-7;2-1-3/h1-5H;1H,(H2,2,3). The summed E-state index contributed by atoms with van der Waals surface area (Å²) >= 11 is 1.72. The Bertz CT molecular complexity index is 328. The van der Waals surface area contributed by atoms with Crippen LogP contribution < -0.4 is 5.73 Å². The van der Waals surface area contributed by atoms with Crippen molar-refractivity contribution >= 4 is 28.0 Å². The van der Waals surface area contributed by atoms with Gasteiger partial charge in [-0.25, -0.2) is 0 Å². The van der Waals surface area contributed by atoms with E-state index in [1.165, 1.54) is 4.70 Å². The molecule has 0 saturated heterocycles. The van der Waals surface area contributed by atoms with Gasteiger partial charge in [0, 0.05) is 6.20 Å². The molecule has 2 N–H and O–H groups in total. The topological polar surface area (TPSA) is 56.0 Å². The third-order valence-corrected chi connectivity index (χ3v) is 2.09. The van der Waals surface area contributed by atoms with Crippen LogP contribution in [0.2, 0.25) is 0 Å². The van der Waals surface area contributed by atoms with Crippen molar-refractivity contribution in [1.82, 2.24) is 4.98 Å². The van der Waals surface area contributed by atoms with Crippen LogP contribution in [0, 0.1) is 0 Å². The van der Waals surface area contributed by atoms with E-state index < -0.39 is 0 Å². The van der Waals surface area contributed by atoms with Gasteiger partial charge in [0.25, 0.3) is 0 Å². The van der Waals surface area contributed by atoms with Gasteiger partial charge in [-0.3, -0.25) is 9.78 Å². The summed E-state index contributed by atoms with van der Waals surface area (Å²) in [7, 11) is 0. The fourth-order valence-electron chi connectivity index (χ4n) is 0.799. The van der Waals surface area contributed by atoms with Gasteiger partial charge in [0.05, 0.1) is 10.2 Å². The van der Waals surface area contributed by atoms with E-state index in [0.717, 1.165) is 5.52 Å². The Labute approximate surface area is 73.8 Å². The molecule has 0 saturated carbocycles. The zero-order valence-corrected chi connectivity index (χ0v) is 7.12. The Morgan fingerprint density at radius 1 is 1.50 bits per heavy atom. The van der Waals surface area contributed by atoms with Gasteiger partial charge < -0.3 is 5.73 Å². The summed E-state index contributed by atoms with van der Waals surface area (Å²) in [6, 6.07) is 6.06. The molecule has 0 aromatic carbocycles. The normalized spacial score (nSPS) is 8.67. The summed E-state index contributed by atoms with van der Waals surface area (Å²) in [4.78, 5) is 12.7. The molecule has 0 aliphatic rings. The summed E-state index contributed by atoms with van der Waals surface area (Å²) in [5, 5.41) is 2.05. The highest BCUT2D eigenvalue weighted by Gasteiger charge is 1.89. The minimum Gasteiger partial charge on any atom is -0.372 e. The first-order valence-electron chi connectivity index (χ1n) is 3.32. The quantitative estimate of drug-likeness (QED) is 0.623. The molecular formula is C8H8N2OS. The SMILES string of the molecule is NC=O.c1cnc2ccsc2c1. The molecule has 2 aromatic heterocycles. The highest BCUT2D eigenvalue weighted by atomic mass is 32.1. The van der Waals surface area contributed by atoms with E-state index in [-0.39, 0.29) is 6.41 Å². The van der Waals surface area contributed by atoms with Gasteiger partial charge in [-0.1, -0.05) is 0 Å². The molecule has 0 fully saturated rings. The molecule has 2 heterocycles. The van der Waals surface area contributed by atoms with Gasteiger partial charge >= 0.3 is 0 Å². The molecule has 2 aromatic rings. The number of amides is 1. The maximum absolute atomic E-state index is 8.58. The maximum Gasteiger partial charge on any atom is 0.204 e. The molecule has 12 heavy (non-hydrogen) atoms. The van der Waals surface area contributed by atoms with Gasteiger partial charge in [-0.15, -0.1) is 11.3 Å². The Kier molecular flexibility index (Phi) is 3.22. The second-order valence-electron chi connectivity index (χ2n) is 1.94. The first kappa shape index (κ1) is 8.67. The van der Waals surface area contributed by atoms with Crippen LogP contribution in [0.5, 0.6) is 0 Å². The number of primary amides is 1. The lowest BCUT2D eigenvalue weighted by molar-refractivity contribution is -0.106. The lowest BCUT2D eigenvalue weighted by atomic mass is 10.4. The van der Waals surface area contributed by atoms with E-state index in [4.69, 9.17) is 4.79 Å². The molecule has 0 aliphatic carbocycles. The van der Waals surface area contributed by atoms with Crippen molar-refractivity contribution < 1.29 is 4.79 Å². The molecule has 0 bridgehead atoms. The van der Waals surface area contributed by atoms with Crippen molar-refractivity contribution in [1.29, 1.82) is 0 Å². The second kappa shape index (κ2) is 4.46. The molecule has 0 spiro atoms. The fraction of sp³-hybridized carbons (Fsp3) is 0. The van der Waals surface area contributed by atoms with E-state index in [2.05, 4.69) is 22.2 Å². The van der Waals surface area contributed by atoms with E-state index in [1.807, 2.05) is 18.3 Å². The van der Waals surface area contributed by atoms with Gasteiger partial charge in [0.1, 0.15) is 0 Å². The minimum atomic E-state index is 0.250. The number of pyridine rings is 1. The van der Waals surface area contributed by atoms with Crippen molar-refractivity contribution in [2.75, 3.05) is 0 Å². The Hall–Kier alpha value is -1.42. The van der Waals surface area contributed by atoms with Crippen LogP contribution in [0.3, 0.4) is 0 Å².